The van der Waals surface area contributed by atoms with Crippen molar-refractivity contribution in [3.63, 3.8) is 0 Å². The Labute approximate surface area is 137 Å². The van der Waals surface area contributed by atoms with Crippen molar-refractivity contribution in [2.24, 2.45) is 0 Å². The van der Waals surface area contributed by atoms with E-state index in [1.54, 1.807) is 12.3 Å². The lowest BCUT2D eigenvalue weighted by atomic mass is 10.00. The largest absolute Gasteiger partial charge is 0.310 e. The highest BCUT2D eigenvalue weighted by molar-refractivity contribution is 9.10. The molecule has 1 atom stereocenters. The van der Waals surface area contributed by atoms with Crippen LogP contribution in [0.5, 0.6) is 0 Å². The lowest BCUT2D eigenvalue weighted by Gasteiger charge is -2.19. The van der Waals surface area contributed by atoms with E-state index >= 15 is 0 Å². The maximum absolute atomic E-state index is 6.26. The zero-order valence-corrected chi connectivity index (χ0v) is 14.1. The number of aromatic nitrogens is 1. The molecule has 1 aromatic heterocycles. The van der Waals surface area contributed by atoms with Crippen molar-refractivity contribution < 1.29 is 0 Å². The molecule has 1 N–H and O–H groups in total. The molecule has 0 spiro atoms. The third-order valence-corrected chi connectivity index (χ3v) is 4.04. The smallest absolute Gasteiger partial charge is 0.0453 e. The fourth-order valence-electron chi connectivity index (χ4n) is 2.08. The predicted molar refractivity (Wildman–Crippen MR) is 88.5 cm³/mol. The topological polar surface area (TPSA) is 24.9 Å². The second-order valence-corrected chi connectivity index (χ2v) is 6.25. The Morgan fingerprint density at radius 2 is 2.05 bits per heavy atom. The van der Waals surface area contributed by atoms with Crippen LogP contribution in [0.4, 0.5) is 0 Å². The molecule has 106 valence electrons. The van der Waals surface area contributed by atoms with Crippen molar-refractivity contribution in [3.05, 3.63) is 62.3 Å². The third-order valence-electron chi connectivity index (χ3n) is 3.02. The monoisotopic (exact) mass is 372 g/mol. The van der Waals surface area contributed by atoms with Gasteiger partial charge in [-0.3, -0.25) is 4.98 Å². The zero-order chi connectivity index (χ0) is 14.5. The van der Waals surface area contributed by atoms with Gasteiger partial charge in [0.2, 0.25) is 0 Å². The van der Waals surface area contributed by atoms with Crippen LogP contribution in [-0.2, 0) is 6.42 Å². The van der Waals surface area contributed by atoms with Gasteiger partial charge < -0.3 is 5.32 Å². The van der Waals surface area contributed by atoms with E-state index in [1.807, 2.05) is 18.3 Å². The van der Waals surface area contributed by atoms with Crippen molar-refractivity contribution in [2.45, 2.75) is 19.4 Å². The van der Waals surface area contributed by atoms with Gasteiger partial charge in [0.05, 0.1) is 0 Å². The Morgan fingerprint density at radius 3 is 2.70 bits per heavy atom. The molecule has 1 aromatic carbocycles. The van der Waals surface area contributed by atoms with Crippen LogP contribution in [0.1, 0.15) is 24.1 Å². The molecule has 0 aliphatic carbocycles. The van der Waals surface area contributed by atoms with Gasteiger partial charge in [-0.1, -0.05) is 36.2 Å². The molecule has 0 saturated heterocycles. The summed E-state index contributed by atoms with van der Waals surface area (Å²) in [7, 11) is 0. The van der Waals surface area contributed by atoms with Crippen LogP contribution in [0.15, 0.2) is 41.1 Å². The van der Waals surface area contributed by atoms with Gasteiger partial charge in [-0.2, -0.15) is 0 Å². The molecule has 0 aliphatic heterocycles. The molecular weight excluding hydrogens is 359 g/mol. The van der Waals surface area contributed by atoms with Crippen molar-refractivity contribution in [1.29, 1.82) is 0 Å². The molecule has 0 amide bonds. The SMILES string of the molecule is CCNC(Cc1ccc(Cl)cc1Cl)c1cncc(Br)c1. The summed E-state index contributed by atoms with van der Waals surface area (Å²) in [5.74, 6) is 0. The van der Waals surface area contributed by atoms with Crippen molar-refractivity contribution in [1.82, 2.24) is 10.3 Å². The second-order valence-electron chi connectivity index (χ2n) is 4.49. The summed E-state index contributed by atoms with van der Waals surface area (Å²) in [4.78, 5) is 4.22. The van der Waals surface area contributed by atoms with E-state index in [4.69, 9.17) is 23.2 Å². The molecule has 1 unspecified atom stereocenters. The minimum atomic E-state index is 0.170. The Balaban J connectivity index is 2.25. The molecule has 0 bridgehead atoms. The number of halogens is 3. The lowest BCUT2D eigenvalue weighted by molar-refractivity contribution is 0.548. The van der Waals surface area contributed by atoms with Crippen molar-refractivity contribution >= 4 is 39.1 Å². The van der Waals surface area contributed by atoms with Crippen LogP contribution in [0, 0.1) is 0 Å². The average Bonchev–Trinajstić information content (AvgIpc) is 2.41. The average molecular weight is 374 g/mol. The first-order chi connectivity index (χ1) is 9.60. The van der Waals surface area contributed by atoms with Gasteiger partial charge in [0.25, 0.3) is 0 Å². The molecule has 2 aromatic rings. The molecule has 0 aliphatic rings. The van der Waals surface area contributed by atoms with Gasteiger partial charge in [0.1, 0.15) is 0 Å². The maximum atomic E-state index is 6.26. The van der Waals surface area contributed by atoms with Gasteiger partial charge in [0, 0.05) is 33.0 Å². The van der Waals surface area contributed by atoms with Crippen molar-refractivity contribution in [3.8, 4) is 0 Å². The number of pyridine rings is 1. The Kier molecular flexibility index (Phi) is 5.85. The Bertz CT molecular complexity index is 590. The molecule has 1 heterocycles. The maximum Gasteiger partial charge on any atom is 0.0453 e. The summed E-state index contributed by atoms with van der Waals surface area (Å²) < 4.78 is 0.972. The predicted octanol–water partition coefficient (Wildman–Crippen LogP) is 5.04. The van der Waals surface area contributed by atoms with Crippen LogP contribution >= 0.6 is 39.1 Å². The highest BCUT2D eigenvalue weighted by Gasteiger charge is 2.14. The first-order valence-electron chi connectivity index (χ1n) is 6.38. The molecule has 0 radical (unpaired) electrons. The zero-order valence-electron chi connectivity index (χ0n) is 11.0. The highest BCUT2D eigenvalue weighted by atomic mass is 79.9. The van der Waals surface area contributed by atoms with E-state index in [1.165, 1.54) is 0 Å². The summed E-state index contributed by atoms with van der Waals surface area (Å²) in [5.41, 5.74) is 2.20. The number of rotatable bonds is 5. The van der Waals surface area contributed by atoms with Gasteiger partial charge in [-0.15, -0.1) is 0 Å². The van der Waals surface area contributed by atoms with Gasteiger partial charge in [-0.05, 0) is 58.2 Å². The number of benzene rings is 1. The number of nitrogens with one attached hydrogen (secondary N) is 1. The summed E-state index contributed by atoms with van der Waals surface area (Å²) in [6, 6.07) is 7.86. The van der Waals surface area contributed by atoms with E-state index < -0.39 is 0 Å². The summed E-state index contributed by atoms with van der Waals surface area (Å²) in [6.45, 7) is 2.96. The fraction of sp³-hybridized carbons (Fsp3) is 0.267. The standard InChI is InChI=1S/C15H15BrCl2N2/c1-2-20-15(11-5-12(16)9-19-8-11)6-10-3-4-13(17)7-14(10)18/h3-5,7-9,15,20H,2,6H2,1H3. The first kappa shape index (κ1) is 15.8. The molecule has 2 nitrogen and oxygen atoms in total. The van der Waals surface area contributed by atoms with Crippen LogP contribution in [0.25, 0.3) is 0 Å². The number of hydrogen-bond donors (Lipinski definition) is 1. The van der Waals surface area contributed by atoms with Crippen LogP contribution in [-0.4, -0.2) is 11.5 Å². The normalized spacial score (nSPS) is 12.4. The van der Waals surface area contributed by atoms with Crippen LogP contribution < -0.4 is 5.32 Å². The molecule has 0 fully saturated rings. The molecule has 5 heteroatoms. The van der Waals surface area contributed by atoms with E-state index in [0.29, 0.717) is 10.0 Å². The molecule has 2 rings (SSSR count). The minimum Gasteiger partial charge on any atom is -0.310 e. The number of likely N-dealkylation sites (N-methyl/N-ethyl adjacent to an activating group) is 1. The fourth-order valence-corrected chi connectivity index (χ4v) is 2.95. The quantitative estimate of drug-likeness (QED) is 0.793. The van der Waals surface area contributed by atoms with E-state index in [0.717, 1.165) is 28.6 Å². The third kappa shape index (κ3) is 4.19. The Hall–Kier alpha value is -0.610. The second kappa shape index (κ2) is 7.41. The minimum absolute atomic E-state index is 0.170. The lowest BCUT2D eigenvalue weighted by Crippen LogP contribution is -2.23. The van der Waals surface area contributed by atoms with Crippen LogP contribution in [0.2, 0.25) is 10.0 Å². The molecule has 0 saturated carbocycles. The van der Waals surface area contributed by atoms with E-state index in [2.05, 4.69) is 39.2 Å². The van der Waals surface area contributed by atoms with Crippen molar-refractivity contribution in [2.75, 3.05) is 6.54 Å². The molecule has 20 heavy (non-hydrogen) atoms. The van der Waals surface area contributed by atoms with E-state index in [-0.39, 0.29) is 6.04 Å². The summed E-state index contributed by atoms with van der Waals surface area (Å²) in [5, 5.41) is 4.82. The molecular formula is C15H15BrCl2N2. The van der Waals surface area contributed by atoms with Gasteiger partial charge in [0.15, 0.2) is 0 Å². The first-order valence-corrected chi connectivity index (χ1v) is 7.92. The summed E-state index contributed by atoms with van der Waals surface area (Å²) in [6.07, 6.45) is 4.45. The van der Waals surface area contributed by atoms with Crippen LogP contribution in [0.3, 0.4) is 0 Å². The van der Waals surface area contributed by atoms with E-state index in [9.17, 15) is 0 Å². The Morgan fingerprint density at radius 1 is 1.25 bits per heavy atom. The number of hydrogen-bond acceptors (Lipinski definition) is 2. The van der Waals surface area contributed by atoms with Gasteiger partial charge >= 0.3 is 0 Å². The van der Waals surface area contributed by atoms with Gasteiger partial charge in [-0.25, -0.2) is 0 Å². The number of nitrogens with zero attached hydrogens (tertiary/aromatic N) is 1. The highest BCUT2D eigenvalue weighted by Crippen LogP contribution is 2.26. The summed E-state index contributed by atoms with van der Waals surface area (Å²) >= 11 is 15.6.